The number of carbonyl (C=O) groups excluding carboxylic acids is 2. The number of amides is 1. The minimum absolute atomic E-state index is 0.0565. The van der Waals surface area contributed by atoms with Gasteiger partial charge in [0.1, 0.15) is 5.82 Å². The van der Waals surface area contributed by atoms with Crippen LogP contribution < -0.4 is 0 Å². The number of esters is 1. The van der Waals surface area contributed by atoms with Crippen LogP contribution >= 0.6 is 0 Å². The van der Waals surface area contributed by atoms with E-state index in [2.05, 4.69) is 4.74 Å². The Bertz CT molecular complexity index is 459. The lowest BCUT2D eigenvalue weighted by Gasteiger charge is -2.22. The van der Waals surface area contributed by atoms with E-state index in [0.29, 0.717) is 13.1 Å². The van der Waals surface area contributed by atoms with E-state index in [1.807, 2.05) is 6.92 Å². The van der Waals surface area contributed by atoms with Gasteiger partial charge in [0.25, 0.3) is 0 Å². The molecule has 0 aliphatic heterocycles. The summed E-state index contributed by atoms with van der Waals surface area (Å²) >= 11 is 0. The Balaban J connectivity index is 2.60. The molecule has 21 heavy (non-hydrogen) atoms. The number of unbranched alkanes of at least 4 members (excludes halogenated alkanes) is 1. The molecule has 0 saturated carbocycles. The van der Waals surface area contributed by atoms with Crippen molar-refractivity contribution in [3.8, 4) is 0 Å². The zero-order valence-corrected chi connectivity index (χ0v) is 12.6. The lowest BCUT2D eigenvalue weighted by molar-refractivity contribution is -0.141. The van der Waals surface area contributed by atoms with Crippen molar-refractivity contribution in [3.63, 3.8) is 0 Å². The zero-order chi connectivity index (χ0) is 15.7. The Hall–Kier alpha value is -1.91. The van der Waals surface area contributed by atoms with E-state index in [4.69, 9.17) is 0 Å². The molecule has 1 aromatic carbocycles. The fraction of sp³-hybridized carbons (Fsp3) is 0.500. The van der Waals surface area contributed by atoms with Gasteiger partial charge in [-0.15, -0.1) is 0 Å². The van der Waals surface area contributed by atoms with Gasteiger partial charge >= 0.3 is 5.97 Å². The fourth-order valence-electron chi connectivity index (χ4n) is 1.93. The Morgan fingerprint density at radius 2 is 1.86 bits per heavy atom. The monoisotopic (exact) mass is 295 g/mol. The number of nitrogens with zero attached hydrogens (tertiary/aromatic N) is 1. The van der Waals surface area contributed by atoms with E-state index in [-0.39, 0.29) is 30.5 Å². The van der Waals surface area contributed by atoms with Gasteiger partial charge in [0.15, 0.2) is 0 Å². The molecule has 0 spiro atoms. The molecule has 0 bridgehead atoms. The van der Waals surface area contributed by atoms with Gasteiger partial charge in [0.2, 0.25) is 5.91 Å². The van der Waals surface area contributed by atoms with Crippen LogP contribution in [0.5, 0.6) is 0 Å². The molecule has 0 aromatic heterocycles. The molecule has 116 valence electrons. The summed E-state index contributed by atoms with van der Waals surface area (Å²) in [6.07, 6.45) is 2.26. The van der Waals surface area contributed by atoms with E-state index in [0.717, 1.165) is 18.4 Å². The number of benzene rings is 1. The topological polar surface area (TPSA) is 46.6 Å². The van der Waals surface area contributed by atoms with Crippen LogP contribution in [0.4, 0.5) is 4.39 Å². The second-order valence-electron chi connectivity index (χ2n) is 4.86. The molecule has 0 N–H and O–H groups in total. The van der Waals surface area contributed by atoms with Crippen LogP contribution in [0.3, 0.4) is 0 Å². The zero-order valence-electron chi connectivity index (χ0n) is 12.6. The summed E-state index contributed by atoms with van der Waals surface area (Å²) in [5.41, 5.74) is 0.765. The number of carbonyl (C=O) groups is 2. The maximum absolute atomic E-state index is 12.9. The van der Waals surface area contributed by atoms with Crippen LogP contribution in [0.25, 0.3) is 0 Å². The highest BCUT2D eigenvalue weighted by Gasteiger charge is 2.15. The van der Waals surface area contributed by atoms with Gasteiger partial charge in [0, 0.05) is 13.1 Å². The van der Waals surface area contributed by atoms with Gasteiger partial charge in [0.05, 0.1) is 20.0 Å². The van der Waals surface area contributed by atoms with Gasteiger partial charge in [-0.25, -0.2) is 4.39 Å². The summed E-state index contributed by atoms with van der Waals surface area (Å²) in [6, 6.07) is 5.89. The van der Waals surface area contributed by atoms with Crippen molar-refractivity contribution in [1.29, 1.82) is 0 Å². The normalized spacial score (nSPS) is 10.2. The van der Waals surface area contributed by atoms with Gasteiger partial charge in [-0.1, -0.05) is 25.5 Å². The average Bonchev–Trinajstić information content (AvgIpc) is 2.49. The Kier molecular flexibility index (Phi) is 7.43. The van der Waals surface area contributed by atoms with Crippen LogP contribution in [-0.4, -0.2) is 37.0 Å². The SMILES string of the molecule is CCCCN(CCC(=O)OC)C(=O)Cc1ccc(F)cc1. The Labute approximate surface area is 124 Å². The van der Waals surface area contributed by atoms with Crippen LogP contribution in [0.15, 0.2) is 24.3 Å². The number of rotatable bonds is 8. The third kappa shape index (κ3) is 6.38. The maximum Gasteiger partial charge on any atom is 0.307 e. The molecule has 0 aliphatic rings. The molecule has 1 rings (SSSR count). The predicted octanol–water partition coefficient (Wildman–Crippen LogP) is 2.56. The highest BCUT2D eigenvalue weighted by atomic mass is 19.1. The van der Waals surface area contributed by atoms with Gasteiger partial charge < -0.3 is 9.64 Å². The summed E-state index contributed by atoms with van der Waals surface area (Å²) in [5.74, 6) is -0.704. The van der Waals surface area contributed by atoms with E-state index in [1.165, 1.54) is 19.2 Å². The number of hydrogen-bond donors (Lipinski definition) is 0. The van der Waals surface area contributed by atoms with Crippen molar-refractivity contribution in [1.82, 2.24) is 4.90 Å². The molecule has 0 fully saturated rings. The first kappa shape index (κ1) is 17.1. The first-order valence-corrected chi connectivity index (χ1v) is 7.15. The van der Waals surface area contributed by atoms with Gasteiger partial charge in [-0.3, -0.25) is 9.59 Å². The van der Waals surface area contributed by atoms with Crippen molar-refractivity contribution >= 4 is 11.9 Å². The van der Waals surface area contributed by atoms with Crippen molar-refractivity contribution in [3.05, 3.63) is 35.6 Å². The van der Waals surface area contributed by atoms with Crippen LogP contribution in [0.1, 0.15) is 31.7 Å². The molecule has 0 aliphatic carbocycles. The summed E-state index contributed by atoms with van der Waals surface area (Å²) in [5, 5.41) is 0. The van der Waals surface area contributed by atoms with Gasteiger partial charge in [-0.2, -0.15) is 0 Å². The molecular formula is C16H22FNO3. The lowest BCUT2D eigenvalue weighted by atomic mass is 10.1. The van der Waals surface area contributed by atoms with E-state index in [9.17, 15) is 14.0 Å². The molecular weight excluding hydrogens is 273 g/mol. The Morgan fingerprint density at radius 1 is 1.19 bits per heavy atom. The fourth-order valence-corrected chi connectivity index (χ4v) is 1.93. The number of hydrogen-bond acceptors (Lipinski definition) is 3. The minimum Gasteiger partial charge on any atom is -0.469 e. The number of ether oxygens (including phenoxy) is 1. The summed E-state index contributed by atoms with van der Waals surface area (Å²) < 4.78 is 17.4. The summed E-state index contributed by atoms with van der Waals surface area (Å²) in [7, 11) is 1.33. The largest absolute Gasteiger partial charge is 0.469 e. The predicted molar refractivity (Wildman–Crippen MR) is 78.2 cm³/mol. The van der Waals surface area contributed by atoms with E-state index < -0.39 is 0 Å². The third-order valence-electron chi connectivity index (χ3n) is 3.22. The van der Waals surface area contributed by atoms with Crippen molar-refractivity contribution < 1.29 is 18.7 Å². The number of halogens is 1. The van der Waals surface area contributed by atoms with Crippen molar-refractivity contribution in [2.75, 3.05) is 20.2 Å². The minimum atomic E-state index is -0.328. The van der Waals surface area contributed by atoms with E-state index >= 15 is 0 Å². The first-order valence-electron chi connectivity index (χ1n) is 7.15. The molecule has 0 atom stereocenters. The number of methoxy groups -OCH3 is 1. The molecule has 5 heteroatoms. The Morgan fingerprint density at radius 3 is 2.43 bits per heavy atom. The van der Waals surface area contributed by atoms with Crippen molar-refractivity contribution in [2.45, 2.75) is 32.6 Å². The smallest absolute Gasteiger partial charge is 0.307 e. The summed E-state index contributed by atoms with van der Waals surface area (Å²) in [6.45, 7) is 3.02. The molecule has 1 amide bonds. The van der Waals surface area contributed by atoms with Crippen molar-refractivity contribution in [2.24, 2.45) is 0 Å². The summed E-state index contributed by atoms with van der Waals surface area (Å²) in [4.78, 5) is 25.2. The highest BCUT2D eigenvalue weighted by molar-refractivity contribution is 5.79. The molecule has 0 radical (unpaired) electrons. The van der Waals surface area contributed by atoms with Crippen LogP contribution in [0.2, 0.25) is 0 Å². The molecule has 1 aromatic rings. The highest BCUT2D eigenvalue weighted by Crippen LogP contribution is 2.07. The molecule has 0 unspecified atom stereocenters. The average molecular weight is 295 g/mol. The molecule has 0 saturated heterocycles. The van der Waals surface area contributed by atoms with Crippen LogP contribution in [0, 0.1) is 5.82 Å². The second kappa shape index (κ2) is 9.10. The first-order chi connectivity index (χ1) is 10.1. The van der Waals surface area contributed by atoms with Crippen LogP contribution in [-0.2, 0) is 20.7 Å². The quantitative estimate of drug-likeness (QED) is 0.692. The maximum atomic E-state index is 12.9. The second-order valence-corrected chi connectivity index (χ2v) is 4.86. The standard InChI is InChI=1S/C16H22FNO3/c1-3-4-10-18(11-9-16(20)21-2)15(19)12-13-5-7-14(17)8-6-13/h5-8H,3-4,9-12H2,1-2H3. The van der Waals surface area contributed by atoms with E-state index in [1.54, 1.807) is 17.0 Å². The third-order valence-corrected chi connectivity index (χ3v) is 3.22. The molecule has 4 nitrogen and oxygen atoms in total. The van der Waals surface area contributed by atoms with Gasteiger partial charge in [-0.05, 0) is 24.1 Å². The molecule has 0 heterocycles. The lowest BCUT2D eigenvalue weighted by Crippen LogP contribution is -2.35.